The molecule has 1 N–H and O–H groups in total. The first-order valence-corrected chi connectivity index (χ1v) is 6.03. The molecule has 88 valence electrons. The van der Waals surface area contributed by atoms with E-state index in [1.54, 1.807) is 4.90 Å². The standard InChI is InChI=1S/C12H18N2O2/c13-5-3-12(16)14-6-4-11(15)10(8-14)7-9-1-2-9/h9-11,15H,1-4,6-8H2. The van der Waals surface area contributed by atoms with Gasteiger partial charge in [-0.2, -0.15) is 5.26 Å². The number of aliphatic hydroxyl groups excluding tert-OH is 1. The number of nitrogens with zero attached hydrogens (tertiary/aromatic N) is 2. The van der Waals surface area contributed by atoms with Gasteiger partial charge >= 0.3 is 0 Å². The number of aliphatic hydroxyl groups is 1. The Hall–Kier alpha value is -1.08. The molecule has 1 saturated carbocycles. The van der Waals surface area contributed by atoms with Crippen LogP contribution in [0.3, 0.4) is 0 Å². The molecule has 2 atom stereocenters. The summed E-state index contributed by atoms with van der Waals surface area (Å²) in [6.45, 7) is 1.24. The van der Waals surface area contributed by atoms with Crippen molar-refractivity contribution in [3.8, 4) is 6.07 Å². The summed E-state index contributed by atoms with van der Waals surface area (Å²) in [5.74, 6) is 0.907. The van der Waals surface area contributed by atoms with Crippen LogP contribution in [0.25, 0.3) is 0 Å². The van der Waals surface area contributed by atoms with Crippen LogP contribution in [-0.2, 0) is 4.79 Å². The van der Waals surface area contributed by atoms with E-state index < -0.39 is 0 Å². The largest absolute Gasteiger partial charge is 0.393 e. The minimum absolute atomic E-state index is 0.0355. The maximum Gasteiger partial charge on any atom is 0.236 e. The van der Waals surface area contributed by atoms with Crippen molar-refractivity contribution in [3.63, 3.8) is 0 Å². The normalized spacial score (nSPS) is 29.9. The van der Waals surface area contributed by atoms with Crippen LogP contribution in [0.2, 0.25) is 0 Å². The fourth-order valence-electron chi connectivity index (χ4n) is 2.44. The van der Waals surface area contributed by atoms with Crippen molar-refractivity contribution in [1.82, 2.24) is 4.90 Å². The van der Waals surface area contributed by atoms with Gasteiger partial charge in [-0.05, 0) is 18.8 Å². The van der Waals surface area contributed by atoms with Crippen LogP contribution in [0.5, 0.6) is 0 Å². The minimum atomic E-state index is -0.258. The van der Waals surface area contributed by atoms with E-state index in [0.717, 1.165) is 12.3 Å². The molecule has 2 aliphatic rings. The maximum absolute atomic E-state index is 11.6. The van der Waals surface area contributed by atoms with E-state index in [0.29, 0.717) is 19.5 Å². The first-order chi connectivity index (χ1) is 7.70. The number of piperidine rings is 1. The van der Waals surface area contributed by atoms with Crippen molar-refractivity contribution in [3.05, 3.63) is 0 Å². The molecule has 4 nitrogen and oxygen atoms in total. The van der Waals surface area contributed by atoms with Crippen LogP contribution in [-0.4, -0.2) is 35.1 Å². The second-order valence-corrected chi connectivity index (χ2v) is 4.97. The quantitative estimate of drug-likeness (QED) is 0.772. The molecule has 0 bridgehead atoms. The fraction of sp³-hybridized carbons (Fsp3) is 0.833. The van der Waals surface area contributed by atoms with Gasteiger partial charge in [-0.25, -0.2) is 0 Å². The summed E-state index contributed by atoms with van der Waals surface area (Å²) in [7, 11) is 0. The monoisotopic (exact) mass is 222 g/mol. The highest BCUT2D eigenvalue weighted by atomic mass is 16.3. The van der Waals surface area contributed by atoms with Crippen LogP contribution < -0.4 is 0 Å². The molecule has 0 spiro atoms. The lowest BCUT2D eigenvalue weighted by Gasteiger charge is -2.36. The first-order valence-electron chi connectivity index (χ1n) is 6.03. The van der Waals surface area contributed by atoms with Gasteiger partial charge in [0, 0.05) is 19.0 Å². The Balaban J connectivity index is 1.87. The molecule has 16 heavy (non-hydrogen) atoms. The number of hydrogen-bond donors (Lipinski definition) is 1. The molecular weight excluding hydrogens is 204 g/mol. The van der Waals surface area contributed by atoms with E-state index >= 15 is 0 Å². The summed E-state index contributed by atoms with van der Waals surface area (Å²) in [5, 5.41) is 18.4. The topological polar surface area (TPSA) is 64.3 Å². The third-order valence-electron chi connectivity index (χ3n) is 3.61. The van der Waals surface area contributed by atoms with Gasteiger partial charge in [0.1, 0.15) is 6.42 Å². The van der Waals surface area contributed by atoms with E-state index in [4.69, 9.17) is 5.26 Å². The van der Waals surface area contributed by atoms with Crippen molar-refractivity contribution in [2.75, 3.05) is 13.1 Å². The van der Waals surface area contributed by atoms with Gasteiger partial charge in [-0.3, -0.25) is 4.79 Å². The lowest BCUT2D eigenvalue weighted by molar-refractivity contribution is -0.134. The van der Waals surface area contributed by atoms with Crippen LogP contribution in [0.4, 0.5) is 0 Å². The lowest BCUT2D eigenvalue weighted by Crippen LogP contribution is -2.46. The number of rotatable bonds is 3. The Morgan fingerprint density at radius 2 is 2.19 bits per heavy atom. The molecule has 1 heterocycles. The van der Waals surface area contributed by atoms with Crippen LogP contribution in [0.15, 0.2) is 0 Å². The van der Waals surface area contributed by atoms with E-state index in [-0.39, 0.29) is 24.3 Å². The third-order valence-corrected chi connectivity index (χ3v) is 3.61. The van der Waals surface area contributed by atoms with Gasteiger partial charge in [0.25, 0.3) is 0 Å². The molecule has 1 aliphatic carbocycles. The zero-order valence-corrected chi connectivity index (χ0v) is 9.43. The lowest BCUT2D eigenvalue weighted by atomic mass is 9.89. The maximum atomic E-state index is 11.6. The van der Waals surface area contributed by atoms with Gasteiger partial charge in [-0.1, -0.05) is 12.8 Å². The number of amides is 1. The molecular formula is C12H18N2O2. The van der Waals surface area contributed by atoms with Crippen molar-refractivity contribution >= 4 is 5.91 Å². The van der Waals surface area contributed by atoms with Crippen LogP contribution in [0.1, 0.15) is 32.1 Å². The Kier molecular flexibility index (Phi) is 3.45. The van der Waals surface area contributed by atoms with Crippen molar-refractivity contribution in [2.24, 2.45) is 11.8 Å². The zero-order chi connectivity index (χ0) is 11.5. The molecule has 1 aliphatic heterocycles. The summed E-state index contributed by atoms with van der Waals surface area (Å²) in [4.78, 5) is 13.3. The average Bonchev–Trinajstić information content (AvgIpc) is 3.05. The number of carbonyl (C=O) groups is 1. The predicted molar refractivity (Wildman–Crippen MR) is 58.3 cm³/mol. The van der Waals surface area contributed by atoms with E-state index in [1.807, 2.05) is 6.07 Å². The SMILES string of the molecule is N#CCC(=O)N1CCC(O)C(CC2CC2)C1. The van der Waals surface area contributed by atoms with Gasteiger partial charge < -0.3 is 10.0 Å². The van der Waals surface area contributed by atoms with E-state index in [9.17, 15) is 9.90 Å². The number of likely N-dealkylation sites (tertiary alicyclic amines) is 1. The highest BCUT2D eigenvalue weighted by Crippen LogP contribution is 2.37. The van der Waals surface area contributed by atoms with Gasteiger partial charge in [0.05, 0.1) is 12.2 Å². The highest BCUT2D eigenvalue weighted by Gasteiger charge is 2.34. The minimum Gasteiger partial charge on any atom is -0.393 e. The summed E-state index contributed by atoms with van der Waals surface area (Å²) >= 11 is 0. The summed E-state index contributed by atoms with van der Waals surface area (Å²) in [6, 6.07) is 1.89. The van der Waals surface area contributed by atoms with Gasteiger partial charge in [0.15, 0.2) is 0 Å². The molecule has 2 unspecified atom stereocenters. The van der Waals surface area contributed by atoms with Crippen molar-refractivity contribution < 1.29 is 9.90 Å². The van der Waals surface area contributed by atoms with Crippen molar-refractivity contribution in [1.29, 1.82) is 5.26 Å². The van der Waals surface area contributed by atoms with E-state index in [1.165, 1.54) is 12.8 Å². The molecule has 2 fully saturated rings. The number of carbonyl (C=O) groups excluding carboxylic acids is 1. The third kappa shape index (κ3) is 2.73. The Morgan fingerprint density at radius 3 is 2.81 bits per heavy atom. The smallest absolute Gasteiger partial charge is 0.236 e. The molecule has 1 amide bonds. The Morgan fingerprint density at radius 1 is 1.44 bits per heavy atom. The summed E-state index contributed by atoms with van der Waals surface area (Å²) in [6.07, 6.45) is 3.95. The number of nitriles is 1. The van der Waals surface area contributed by atoms with Crippen LogP contribution in [0, 0.1) is 23.2 Å². The second kappa shape index (κ2) is 4.84. The summed E-state index contributed by atoms with van der Waals surface area (Å²) < 4.78 is 0. The first kappa shape index (κ1) is 11.4. The highest BCUT2D eigenvalue weighted by molar-refractivity contribution is 5.78. The average molecular weight is 222 g/mol. The van der Waals surface area contributed by atoms with E-state index in [2.05, 4.69) is 0 Å². The van der Waals surface area contributed by atoms with Crippen molar-refractivity contribution in [2.45, 2.75) is 38.2 Å². The molecule has 0 aromatic carbocycles. The zero-order valence-electron chi connectivity index (χ0n) is 9.43. The van der Waals surface area contributed by atoms with Gasteiger partial charge in [0.2, 0.25) is 5.91 Å². The molecule has 0 aromatic rings. The van der Waals surface area contributed by atoms with Crippen LogP contribution >= 0.6 is 0 Å². The second-order valence-electron chi connectivity index (χ2n) is 4.97. The molecule has 4 heteroatoms. The fourth-order valence-corrected chi connectivity index (χ4v) is 2.44. The molecule has 0 radical (unpaired) electrons. The molecule has 1 saturated heterocycles. The molecule has 0 aromatic heterocycles. The Bertz CT molecular complexity index is 307. The number of hydrogen-bond acceptors (Lipinski definition) is 3. The molecule has 2 rings (SSSR count). The predicted octanol–water partition coefficient (Wildman–Crippen LogP) is 0.910. The summed E-state index contributed by atoms with van der Waals surface area (Å²) in [5.41, 5.74) is 0. The van der Waals surface area contributed by atoms with Gasteiger partial charge in [-0.15, -0.1) is 0 Å². The Labute approximate surface area is 95.9 Å².